The summed E-state index contributed by atoms with van der Waals surface area (Å²) < 4.78 is 24.8. The van der Waals surface area contributed by atoms with E-state index in [2.05, 4.69) is 0 Å². The Bertz CT molecular complexity index is 1330. The minimum Gasteiger partial charge on any atom is -0.493 e. The number of amides is 1. The Kier molecular flexibility index (Phi) is 5.47. The molecule has 0 bridgehead atoms. The first kappa shape index (κ1) is 21.0. The summed E-state index contributed by atoms with van der Waals surface area (Å²) >= 11 is 0. The first-order valence-corrected chi connectivity index (χ1v) is 10.9. The highest BCUT2D eigenvalue weighted by Gasteiger charge is 2.34. The van der Waals surface area contributed by atoms with E-state index in [1.165, 1.54) is 12.1 Å². The lowest BCUT2D eigenvalue weighted by molar-refractivity contribution is 0.0696. The average Bonchev–Trinajstić information content (AvgIpc) is 2.87. The van der Waals surface area contributed by atoms with Gasteiger partial charge in [0, 0.05) is 12.1 Å². The van der Waals surface area contributed by atoms with Crippen LogP contribution in [0.3, 0.4) is 0 Å². The Morgan fingerprint density at radius 2 is 1.61 bits per heavy atom. The molecule has 0 fully saturated rings. The highest BCUT2D eigenvalue weighted by molar-refractivity contribution is 6.07. The van der Waals surface area contributed by atoms with Gasteiger partial charge in [-0.1, -0.05) is 48.5 Å². The summed E-state index contributed by atoms with van der Waals surface area (Å²) in [7, 11) is 3.21. The van der Waals surface area contributed by atoms with Gasteiger partial charge in [-0.05, 0) is 64.2 Å². The predicted octanol–water partition coefficient (Wildman–Crippen LogP) is 5.78. The van der Waals surface area contributed by atoms with E-state index in [0.29, 0.717) is 30.0 Å². The Morgan fingerprint density at radius 1 is 0.909 bits per heavy atom. The van der Waals surface area contributed by atoms with Crippen LogP contribution in [0.15, 0.2) is 78.9 Å². The first-order chi connectivity index (χ1) is 16.1. The SMILES string of the molecule is COc1cc2c(cc1OC)[C@H](c1ccc(F)cc1)N(C(=O)c1cccc3ccccc13)CC2. The summed E-state index contributed by atoms with van der Waals surface area (Å²) in [6.45, 7) is 0.534. The summed E-state index contributed by atoms with van der Waals surface area (Å²) in [5, 5.41) is 1.94. The molecule has 5 rings (SSSR count). The van der Waals surface area contributed by atoms with Gasteiger partial charge in [-0.2, -0.15) is 0 Å². The Morgan fingerprint density at radius 3 is 2.36 bits per heavy atom. The van der Waals surface area contributed by atoms with Crippen LogP contribution < -0.4 is 9.47 Å². The number of carbonyl (C=O) groups is 1. The lowest BCUT2D eigenvalue weighted by Crippen LogP contribution is -2.40. The maximum Gasteiger partial charge on any atom is 0.255 e. The van der Waals surface area contributed by atoms with E-state index >= 15 is 0 Å². The van der Waals surface area contributed by atoms with Crippen LogP contribution in [-0.4, -0.2) is 31.6 Å². The number of methoxy groups -OCH3 is 2. The van der Waals surface area contributed by atoms with Crippen molar-refractivity contribution in [2.75, 3.05) is 20.8 Å². The number of hydrogen-bond donors (Lipinski definition) is 0. The quantitative estimate of drug-likeness (QED) is 0.403. The molecule has 166 valence electrons. The summed E-state index contributed by atoms with van der Waals surface area (Å²) in [5.41, 5.74) is 3.55. The van der Waals surface area contributed by atoms with E-state index in [9.17, 15) is 9.18 Å². The molecule has 1 amide bonds. The van der Waals surface area contributed by atoms with Crippen molar-refractivity contribution in [1.82, 2.24) is 4.90 Å². The number of nitrogens with zero attached hydrogens (tertiary/aromatic N) is 1. The van der Waals surface area contributed by atoms with Gasteiger partial charge in [-0.3, -0.25) is 4.79 Å². The molecule has 0 saturated carbocycles. The Hall–Kier alpha value is -3.86. The van der Waals surface area contributed by atoms with Crippen molar-refractivity contribution in [3.8, 4) is 11.5 Å². The minimum absolute atomic E-state index is 0.0541. The molecular formula is C28H24FNO3. The van der Waals surface area contributed by atoms with Gasteiger partial charge in [0.25, 0.3) is 5.91 Å². The van der Waals surface area contributed by atoms with E-state index in [-0.39, 0.29) is 17.8 Å². The number of hydrogen-bond acceptors (Lipinski definition) is 3. The van der Waals surface area contributed by atoms with Crippen molar-refractivity contribution in [2.45, 2.75) is 12.5 Å². The summed E-state index contributed by atoms with van der Waals surface area (Å²) in [4.78, 5) is 15.8. The molecule has 0 spiro atoms. The van der Waals surface area contributed by atoms with Crippen LogP contribution in [0.25, 0.3) is 10.8 Å². The molecule has 4 nitrogen and oxygen atoms in total. The van der Waals surface area contributed by atoms with Crippen molar-refractivity contribution in [2.24, 2.45) is 0 Å². The van der Waals surface area contributed by atoms with Gasteiger partial charge in [0.1, 0.15) is 5.82 Å². The minimum atomic E-state index is -0.374. The molecule has 1 aliphatic heterocycles. The van der Waals surface area contributed by atoms with Gasteiger partial charge in [-0.15, -0.1) is 0 Å². The van der Waals surface area contributed by atoms with Crippen LogP contribution in [-0.2, 0) is 6.42 Å². The fourth-order valence-electron chi connectivity index (χ4n) is 4.74. The topological polar surface area (TPSA) is 38.8 Å². The zero-order valence-corrected chi connectivity index (χ0v) is 18.5. The summed E-state index contributed by atoms with van der Waals surface area (Å²) in [6, 6.07) is 23.6. The van der Waals surface area contributed by atoms with Crippen molar-refractivity contribution in [1.29, 1.82) is 0 Å². The van der Waals surface area contributed by atoms with E-state index in [1.54, 1.807) is 26.4 Å². The van der Waals surface area contributed by atoms with Crippen molar-refractivity contribution < 1.29 is 18.7 Å². The van der Waals surface area contributed by atoms with E-state index in [1.807, 2.05) is 59.5 Å². The molecule has 33 heavy (non-hydrogen) atoms. The zero-order chi connectivity index (χ0) is 22.9. The predicted molar refractivity (Wildman–Crippen MR) is 126 cm³/mol. The first-order valence-electron chi connectivity index (χ1n) is 10.9. The van der Waals surface area contributed by atoms with Crippen LogP contribution >= 0.6 is 0 Å². The summed E-state index contributed by atoms with van der Waals surface area (Å²) in [5.74, 6) is 0.890. The lowest BCUT2D eigenvalue weighted by Gasteiger charge is -2.38. The molecule has 1 aliphatic rings. The van der Waals surface area contributed by atoms with Gasteiger partial charge in [0.2, 0.25) is 0 Å². The molecule has 4 aromatic carbocycles. The van der Waals surface area contributed by atoms with Crippen LogP contribution in [0.2, 0.25) is 0 Å². The monoisotopic (exact) mass is 441 g/mol. The molecule has 0 aromatic heterocycles. The molecule has 0 radical (unpaired) electrons. The molecule has 5 heteroatoms. The number of halogens is 1. The molecule has 1 atom stereocenters. The van der Waals surface area contributed by atoms with Crippen LogP contribution in [0, 0.1) is 5.82 Å². The molecule has 0 saturated heterocycles. The average molecular weight is 442 g/mol. The lowest BCUT2D eigenvalue weighted by atomic mass is 9.87. The molecule has 0 aliphatic carbocycles. The van der Waals surface area contributed by atoms with E-state index < -0.39 is 0 Å². The number of ether oxygens (including phenoxy) is 2. The van der Waals surface area contributed by atoms with Gasteiger partial charge in [0.15, 0.2) is 11.5 Å². The molecular weight excluding hydrogens is 417 g/mol. The fourth-order valence-corrected chi connectivity index (χ4v) is 4.74. The Balaban J connectivity index is 1.67. The van der Waals surface area contributed by atoms with Gasteiger partial charge in [-0.25, -0.2) is 4.39 Å². The second-order valence-corrected chi connectivity index (χ2v) is 8.14. The number of benzene rings is 4. The van der Waals surface area contributed by atoms with Crippen molar-refractivity contribution in [3.63, 3.8) is 0 Å². The number of fused-ring (bicyclic) bond motifs is 2. The van der Waals surface area contributed by atoms with Crippen LogP contribution in [0.5, 0.6) is 11.5 Å². The Labute approximate surface area is 192 Å². The van der Waals surface area contributed by atoms with Crippen molar-refractivity contribution in [3.05, 3.63) is 107 Å². The second kappa shape index (κ2) is 8.58. The highest BCUT2D eigenvalue weighted by atomic mass is 19.1. The van der Waals surface area contributed by atoms with Gasteiger partial charge in [0.05, 0.1) is 20.3 Å². The molecule has 1 heterocycles. The third-order valence-corrected chi connectivity index (χ3v) is 6.34. The second-order valence-electron chi connectivity index (χ2n) is 8.14. The van der Waals surface area contributed by atoms with E-state index in [4.69, 9.17) is 9.47 Å². The molecule has 4 aromatic rings. The third-order valence-electron chi connectivity index (χ3n) is 6.34. The van der Waals surface area contributed by atoms with Gasteiger partial charge >= 0.3 is 0 Å². The maximum absolute atomic E-state index is 13.9. The number of carbonyl (C=O) groups excluding carboxylic acids is 1. The highest BCUT2D eigenvalue weighted by Crippen LogP contribution is 2.42. The van der Waals surface area contributed by atoms with Crippen LogP contribution in [0.1, 0.15) is 33.1 Å². The fraction of sp³-hybridized carbons (Fsp3) is 0.179. The van der Waals surface area contributed by atoms with E-state index in [0.717, 1.165) is 27.5 Å². The zero-order valence-electron chi connectivity index (χ0n) is 18.5. The van der Waals surface area contributed by atoms with Crippen molar-refractivity contribution >= 4 is 16.7 Å². The standard InChI is InChI=1S/C28H24FNO3/c1-32-25-16-20-14-15-30(28(31)23-9-5-7-18-6-3-4-8-22(18)23)27(24(20)17-26(25)33-2)19-10-12-21(29)13-11-19/h3-13,16-17,27H,14-15H2,1-2H3/t27-/m0/s1. The maximum atomic E-state index is 13.9. The molecule has 0 N–H and O–H groups in total. The third kappa shape index (κ3) is 3.69. The normalized spacial score (nSPS) is 15.2. The van der Waals surface area contributed by atoms with Gasteiger partial charge < -0.3 is 14.4 Å². The number of rotatable bonds is 4. The smallest absolute Gasteiger partial charge is 0.255 e. The summed E-state index contributed by atoms with van der Waals surface area (Å²) in [6.07, 6.45) is 0.684. The molecule has 0 unspecified atom stereocenters. The van der Waals surface area contributed by atoms with Crippen LogP contribution in [0.4, 0.5) is 4.39 Å². The largest absolute Gasteiger partial charge is 0.493 e.